The number of Topliss-reactive ketones (excluding diaryl/α,β-unsaturated/α-hetero) is 4. The normalized spacial score (nSPS) is 10.2. The topological polar surface area (TPSA) is 122 Å². The van der Waals surface area contributed by atoms with Crippen LogP contribution < -0.4 is 14.2 Å². The molecule has 0 amide bonds. The molecule has 0 saturated carbocycles. The molecule has 3 aromatic rings. The second-order valence-corrected chi connectivity index (χ2v) is 7.37. The number of benzene rings is 3. The van der Waals surface area contributed by atoms with Gasteiger partial charge in [0.1, 0.15) is 5.75 Å². The van der Waals surface area contributed by atoms with Crippen molar-refractivity contribution in [2.24, 2.45) is 0 Å². The summed E-state index contributed by atoms with van der Waals surface area (Å²) in [6.45, 7) is 0. The lowest BCUT2D eigenvalue weighted by molar-refractivity contribution is 0.0600. The molecule has 3 aromatic carbocycles. The Labute approximate surface area is 206 Å². The van der Waals surface area contributed by atoms with Gasteiger partial charge in [0.2, 0.25) is 23.1 Å². The van der Waals surface area contributed by atoms with Crippen LogP contribution in [-0.2, 0) is 4.74 Å². The summed E-state index contributed by atoms with van der Waals surface area (Å²) < 4.78 is 20.1. The van der Waals surface area contributed by atoms with Gasteiger partial charge in [-0.25, -0.2) is 4.79 Å². The fourth-order valence-corrected chi connectivity index (χ4v) is 3.38. The Morgan fingerprint density at radius 3 is 1.25 bits per heavy atom. The van der Waals surface area contributed by atoms with Crippen molar-refractivity contribution < 1.29 is 42.9 Å². The molecule has 0 unspecified atom stereocenters. The summed E-state index contributed by atoms with van der Waals surface area (Å²) in [5.41, 5.74) is -0.422. The van der Waals surface area contributed by atoms with Crippen molar-refractivity contribution in [3.63, 3.8) is 0 Å². The van der Waals surface area contributed by atoms with Crippen molar-refractivity contribution in [3.8, 4) is 17.2 Å². The predicted octanol–water partition coefficient (Wildman–Crippen LogP) is 3.63. The van der Waals surface area contributed by atoms with Gasteiger partial charge in [-0.3, -0.25) is 19.2 Å². The molecule has 0 fully saturated rings. The van der Waals surface area contributed by atoms with Crippen molar-refractivity contribution in [2.75, 3.05) is 28.4 Å². The van der Waals surface area contributed by atoms with Crippen LogP contribution in [0.1, 0.15) is 51.8 Å². The number of ether oxygens (including phenoxy) is 4. The molecular formula is C27H22O9. The standard InChI is InChI=1S/C27H22O9/c1-33-18-11-9-16(10-12-18)24(29)26(31)20-14-22(35-3)21(34-2)13-19(20)25(30)23(28)15-5-7-17(8-6-15)27(32)36-4/h5-14H,1-4H3. The molecule has 0 aromatic heterocycles. The lowest BCUT2D eigenvalue weighted by Crippen LogP contribution is -2.22. The van der Waals surface area contributed by atoms with E-state index in [4.69, 9.17) is 14.2 Å². The highest BCUT2D eigenvalue weighted by atomic mass is 16.5. The van der Waals surface area contributed by atoms with Gasteiger partial charge < -0.3 is 18.9 Å². The van der Waals surface area contributed by atoms with Crippen LogP contribution >= 0.6 is 0 Å². The molecule has 0 aliphatic rings. The van der Waals surface area contributed by atoms with E-state index in [-0.39, 0.29) is 39.3 Å². The number of esters is 1. The van der Waals surface area contributed by atoms with Gasteiger partial charge in [-0.2, -0.15) is 0 Å². The fourth-order valence-electron chi connectivity index (χ4n) is 3.38. The van der Waals surface area contributed by atoms with E-state index in [1.54, 1.807) is 0 Å². The Balaban J connectivity index is 2.04. The van der Waals surface area contributed by atoms with Crippen LogP contribution in [-0.4, -0.2) is 57.5 Å². The summed E-state index contributed by atoms with van der Waals surface area (Å²) in [6.07, 6.45) is 0. The number of methoxy groups -OCH3 is 4. The Morgan fingerprint density at radius 1 is 0.500 bits per heavy atom. The van der Waals surface area contributed by atoms with Gasteiger partial charge in [0.05, 0.1) is 34.0 Å². The molecule has 0 aliphatic carbocycles. The molecule has 0 radical (unpaired) electrons. The quantitative estimate of drug-likeness (QED) is 0.238. The maximum Gasteiger partial charge on any atom is 0.337 e. The average molecular weight is 490 g/mol. The second-order valence-electron chi connectivity index (χ2n) is 7.37. The largest absolute Gasteiger partial charge is 0.497 e. The third-order valence-corrected chi connectivity index (χ3v) is 5.35. The molecule has 0 heterocycles. The van der Waals surface area contributed by atoms with Crippen molar-refractivity contribution in [3.05, 3.63) is 88.5 Å². The van der Waals surface area contributed by atoms with Crippen LogP contribution in [0.4, 0.5) is 0 Å². The van der Waals surface area contributed by atoms with E-state index in [0.717, 1.165) is 0 Å². The molecule has 0 bridgehead atoms. The van der Waals surface area contributed by atoms with Gasteiger partial charge in [-0.05, 0) is 48.5 Å². The van der Waals surface area contributed by atoms with Gasteiger partial charge in [-0.15, -0.1) is 0 Å². The number of hydrogen-bond donors (Lipinski definition) is 0. The maximum atomic E-state index is 13.2. The first-order valence-electron chi connectivity index (χ1n) is 10.5. The molecule has 0 N–H and O–H groups in total. The molecule has 0 saturated heterocycles. The molecule has 0 aliphatic heterocycles. The maximum absolute atomic E-state index is 13.2. The first-order chi connectivity index (χ1) is 17.2. The SMILES string of the molecule is COC(=O)c1ccc(C(=O)C(=O)c2cc(OC)c(OC)cc2C(=O)C(=O)c2ccc(OC)cc2)cc1. The smallest absolute Gasteiger partial charge is 0.337 e. The Morgan fingerprint density at radius 2 is 0.889 bits per heavy atom. The van der Waals surface area contributed by atoms with Gasteiger partial charge in [0.15, 0.2) is 11.5 Å². The van der Waals surface area contributed by atoms with E-state index >= 15 is 0 Å². The molecule has 9 heteroatoms. The van der Waals surface area contributed by atoms with Crippen LogP contribution in [0.25, 0.3) is 0 Å². The van der Waals surface area contributed by atoms with Crippen LogP contribution in [0, 0.1) is 0 Å². The lowest BCUT2D eigenvalue weighted by atomic mass is 9.91. The summed E-state index contributed by atoms with van der Waals surface area (Å²) >= 11 is 0. The van der Waals surface area contributed by atoms with Crippen molar-refractivity contribution in [1.82, 2.24) is 0 Å². The number of carbonyl (C=O) groups is 5. The summed E-state index contributed by atoms with van der Waals surface area (Å²) in [4.78, 5) is 64.0. The van der Waals surface area contributed by atoms with Crippen LogP contribution in [0.15, 0.2) is 60.7 Å². The lowest BCUT2D eigenvalue weighted by Gasteiger charge is -2.13. The Bertz CT molecular complexity index is 1340. The van der Waals surface area contributed by atoms with Crippen LogP contribution in [0.3, 0.4) is 0 Å². The third kappa shape index (κ3) is 5.15. The van der Waals surface area contributed by atoms with Gasteiger partial charge in [-0.1, -0.05) is 12.1 Å². The van der Waals surface area contributed by atoms with E-state index in [1.165, 1.54) is 89.1 Å². The minimum atomic E-state index is -1.05. The fraction of sp³-hybridized carbons (Fsp3) is 0.148. The van der Waals surface area contributed by atoms with Gasteiger partial charge >= 0.3 is 5.97 Å². The number of rotatable bonds is 10. The second kappa shape index (κ2) is 11.1. The number of carbonyl (C=O) groups excluding carboxylic acids is 5. The molecule has 3 rings (SSSR count). The van der Waals surface area contributed by atoms with Crippen LogP contribution in [0.2, 0.25) is 0 Å². The molecule has 0 atom stereocenters. The summed E-state index contributed by atoms with van der Waals surface area (Å²) in [7, 11) is 5.33. The van der Waals surface area contributed by atoms with Crippen molar-refractivity contribution in [2.45, 2.75) is 0 Å². The summed E-state index contributed by atoms with van der Waals surface area (Å²) in [5, 5.41) is 0. The van der Waals surface area contributed by atoms with Crippen LogP contribution in [0.5, 0.6) is 17.2 Å². The van der Waals surface area contributed by atoms with Gasteiger partial charge in [0.25, 0.3) is 0 Å². The summed E-state index contributed by atoms with van der Waals surface area (Å²) in [6, 6.07) is 13.5. The third-order valence-electron chi connectivity index (χ3n) is 5.35. The van der Waals surface area contributed by atoms with E-state index in [9.17, 15) is 24.0 Å². The van der Waals surface area contributed by atoms with E-state index in [0.29, 0.717) is 5.75 Å². The first-order valence-corrected chi connectivity index (χ1v) is 10.5. The minimum absolute atomic E-state index is 0.0256. The highest BCUT2D eigenvalue weighted by Crippen LogP contribution is 2.32. The Hall–Kier alpha value is -4.79. The zero-order valence-corrected chi connectivity index (χ0v) is 19.9. The monoisotopic (exact) mass is 490 g/mol. The number of ketones is 4. The molecular weight excluding hydrogens is 468 g/mol. The molecule has 0 spiro atoms. The number of hydrogen-bond acceptors (Lipinski definition) is 9. The molecule has 9 nitrogen and oxygen atoms in total. The van der Waals surface area contributed by atoms with Gasteiger partial charge in [0, 0.05) is 22.3 Å². The molecule has 36 heavy (non-hydrogen) atoms. The summed E-state index contributed by atoms with van der Waals surface area (Å²) in [5.74, 6) is -3.85. The highest BCUT2D eigenvalue weighted by molar-refractivity contribution is 6.54. The van der Waals surface area contributed by atoms with E-state index in [1.807, 2.05) is 0 Å². The molecule has 184 valence electrons. The van der Waals surface area contributed by atoms with E-state index < -0.39 is 29.1 Å². The predicted molar refractivity (Wildman–Crippen MR) is 128 cm³/mol. The first kappa shape index (κ1) is 25.8. The Kier molecular flexibility index (Phi) is 7.96. The average Bonchev–Trinajstić information content (AvgIpc) is 2.94. The zero-order chi connectivity index (χ0) is 26.4. The highest BCUT2D eigenvalue weighted by Gasteiger charge is 2.30. The minimum Gasteiger partial charge on any atom is -0.497 e. The van der Waals surface area contributed by atoms with E-state index in [2.05, 4.69) is 4.74 Å². The van der Waals surface area contributed by atoms with Crippen molar-refractivity contribution >= 4 is 29.1 Å². The van der Waals surface area contributed by atoms with Crippen molar-refractivity contribution in [1.29, 1.82) is 0 Å². The zero-order valence-electron chi connectivity index (χ0n) is 19.9.